The first kappa shape index (κ1) is 16.3. The molecule has 1 fully saturated rings. The van der Waals surface area contributed by atoms with Crippen LogP contribution in [-0.2, 0) is 0 Å². The summed E-state index contributed by atoms with van der Waals surface area (Å²) < 4.78 is 0.471. The number of nitrogens with zero attached hydrogens (tertiary/aromatic N) is 1. The summed E-state index contributed by atoms with van der Waals surface area (Å²) in [6, 6.07) is 0.721. The maximum Gasteiger partial charge on any atom is 0.0218 e. The van der Waals surface area contributed by atoms with Gasteiger partial charge in [0.05, 0.1) is 0 Å². The Hall–Kier alpha value is 0.270. The largest absolute Gasteiger partial charge is 0.315 e. The lowest BCUT2D eigenvalue weighted by Crippen LogP contribution is -2.44. The van der Waals surface area contributed by atoms with Gasteiger partial charge in [-0.2, -0.15) is 11.8 Å². The highest BCUT2D eigenvalue weighted by molar-refractivity contribution is 8.00. The van der Waals surface area contributed by atoms with Gasteiger partial charge in [0.1, 0.15) is 0 Å². The van der Waals surface area contributed by atoms with Crippen molar-refractivity contribution in [1.82, 2.24) is 10.2 Å². The second-order valence-electron chi connectivity index (χ2n) is 6.51. The number of hydrogen-bond donors (Lipinski definition) is 1. The number of nitrogens with one attached hydrogen (secondary N) is 1. The Morgan fingerprint density at radius 1 is 1.22 bits per heavy atom. The van der Waals surface area contributed by atoms with Crippen LogP contribution in [-0.4, -0.2) is 47.6 Å². The van der Waals surface area contributed by atoms with Gasteiger partial charge in [-0.25, -0.2) is 0 Å². The van der Waals surface area contributed by atoms with Crippen LogP contribution in [0.2, 0.25) is 0 Å². The Morgan fingerprint density at radius 2 is 1.94 bits per heavy atom. The topological polar surface area (TPSA) is 15.3 Å². The van der Waals surface area contributed by atoms with E-state index in [9.17, 15) is 0 Å². The minimum atomic E-state index is 0.471. The van der Waals surface area contributed by atoms with Crippen molar-refractivity contribution in [3.05, 3.63) is 0 Å². The molecule has 0 bridgehead atoms. The van der Waals surface area contributed by atoms with Gasteiger partial charge in [-0.15, -0.1) is 0 Å². The van der Waals surface area contributed by atoms with Crippen LogP contribution in [0.5, 0.6) is 0 Å². The molecule has 0 aromatic rings. The van der Waals surface area contributed by atoms with Crippen LogP contribution in [0.1, 0.15) is 47.5 Å². The van der Waals surface area contributed by atoms with Crippen molar-refractivity contribution in [2.24, 2.45) is 5.92 Å². The molecule has 1 rings (SSSR count). The van der Waals surface area contributed by atoms with E-state index in [-0.39, 0.29) is 0 Å². The summed E-state index contributed by atoms with van der Waals surface area (Å²) in [6.07, 6.45) is 2.58. The fraction of sp³-hybridized carbons (Fsp3) is 1.00. The molecule has 3 heteroatoms. The molecule has 1 aliphatic heterocycles. The third-order valence-electron chi connectivity index (χ3n) is 3.79. The van der Waals surface area contributed by atoms with Crippen molar-refractivity contribution < 1.29 is 0 Å². The summed E-state index contributed by atoms with van der Waals surface area (Å²) in [5.41, 5.74) is 0. The van der Waals surface area contributed by atoms with Crippen molar-refractivity contribution in [2.45, 2.75) is 58.2 Å². The molecule has 1 unspecified atom stereocenters. The van der Waals surface area contributed by atoms with E-state index in [4.69, 9.17) is 0 Å². The summed E-state index contributed by atoms with van der Waals surface area (Å²) >= 11 is 2.14. The lowest BCUT2D eigenvalue weighted by molar-refractivity contribution is 0.193. The average Bonchev–Trinajstić information content (AvgIpc) is 2.46. The zero-order valence-electron chi connectivity index (χ0n) is 13.0. The zero-order chi connectivity index (χ0) is 13.6. The van der Waals surface area contributed by atoms with Crippen molar-refractivity contribution in [1.29, 1.82) is 0 Å². The van der Waals surface area contributed by atoms with Crippen LogP contribution >= 0.6 is 11.8 Å². The van der Waals surface area contributed by atoms with Crippen LogP contribution < -0.4 is 5.32 Å². The predicted octanol–water partition coefficient (Wildman–Crippen LogP) is 3.23. The standard InChI is InChI=1S/C15H32N2S/c1-6-14(12-16-11-13(2)3)17-8-7-15(4,5)18-10-9-17/h13-14,16H,6-12H2,1-5H3. The predicted molar refractivity (Wildman–Crippen MR) is 84.5 cm³/mol. The molecule has 1 N–H and O–H groups in total. The summed E-state index contributed by atoms with van der Waals surface area (Å²) in [5.74, 6) is 2.04. The van der Waals surface area contributed by atoms with E-state index < -0.39 is 0 Å². The summed E-state index contributed by atoms with van der Waals surface area (Å²) in [6.45, 7) is 16.5. The van der Waals surface area contributed by atoms with Crippen molar-refractivity contribution >= 4 is 11.8 Å². The smallest absolute Gasteiger partial charge is 0.0218 e. The first-order valence-corrected chi connectivity index (χ1v) is 8.52. The Labute approximate surface area is 118 Å². The lowest BCUT2D eigenvalue weighted by atomic mass is 10.1. The first-order valence-electron chi connectivity index (χ1n) is 7.53. The van der Waals surface area contributed by atoms with E-state index in [1.165, 1.54) is 31.7 Å². The number of thioether (sulfide) groups is 1. The highest BCUT2D eigenvalue weighted by Crippen LogP contribution is 2.31. The molecule has 0 spiro atoms. The highest BCUT2D eigenvalue weighted by atomic mass is 32.2. The van der Waals surface area contributed by atoms with Gasteiger partial charge < -0.3 is 5.32 Å². The fourth-order valence-electron chi connectivity index (χ4n) is 2.47. The molecular formula is C15H32N2S. The SMILES string of the molecule is CCC(CNCC(C)C)N1CCSC(C)(C)CC1. The van der Waals surface area contributed by atoms with E-state index in [0.29, 0.717) is 4.75 Å². The Morgan fingerprint density at radius 3 is 2.56 bits per heavy atom. The van der Waals surface area contributed by atoms with Gasteiger partial charge >= 0.3 is 0 Å². The Bertz CT molecular complexity index is 229. The molecule has 2 nitrogen and oxygen atoms in total. The van der Waals surface area contributed by atoms with Gasteiger partial charge in [-0.3, -0.25) is 4.90 Å². The second kappa shape index (κ2) is 7.76. The first-order chi connectivity index (χ1) is 8.44. The normalized spacial score (nSPS) is 23.0. The Balaban J connectivity index is 2.39. The van der Waals surface area contributed by atoms with E-state index >= 15 is 0 Å². The molecule has 18 heavy (non-hydrogen) atoms. The van der Waals surface area contributed by atoms with Crippen molar-refractivity contribution in [3.63, 3.8) is 0 Å². The van der Waals surface area contributed by atoms with E-state index in [1.807, 2.05) is 0 Å². The van der Waals surface area contributed by atoms with Gasteiger partial charge in [0.15, 0.2) is 0 Å². The average molecular weight is 273 g/mol. The fourth-order valence-corrected chi connectivity index (χ4v) is 3.59. The maximum atomic E-state index is 3.63. The molecule has 1 aliphatic rings. The maximum absolute atomic E-state index is 3.63. The van der Waals surface area contributed by atoms with E-state index in [2.05, 4.69) is 56.6 Å². The summed E-state index contributed by atoms with van der Waals surface area (Å²) in [4.78, 5) is 2.70. The minimum absolute atomic E-state index is 0.471. The van der Waals surface area contributed by atoms with E-state index in [0.717, 1.165) is 25.0 Å². The molecule has 1 heterocycles. The van der Waals surface area contributed by atoms with Crippen LogP contribution in [0.4, 0.5) is 0 Å². The van der Waals surface area contributed by atoms with Crippen LogP contribution in [0.3, 0.4) is 0 Å². The number of hydrogen-bond acceptors (Lipinski definition) is 3. The van der Waals surface area contributed by atoms with Gasteiger partial charge in [0.25, 0.3) is 0 Å². The van der Waals surface area contributed by atoms with Gasteiger partial charge in [0.2, 0.25) is 0 Å². The van der Waals surface area contributed by atoms with Gasteiger partial charge in [-0.05, 0) is 31.8 Å². The molecule has 108 valence electrons. The van der Waals surface area contributed by atoms with Crippen LogP contribution in [0.25, 0.3) is 0 Å². The third kappa shape index (κ3) is 5.94. The Kier molecular flexibility index (Phi) is 7.04. The van der Waals surface area contributed by atoms with Crippen molar-refractivity contribution in [2.75, 3.05) is 31.9 Å². The lowest BCUT2D eigenvalue weighted by Gasteiger charge is -2.30. The van der Waals surface area contributed by atoms with E-state index in [1.54, 1.807) is 0 Å². The van der Waals surface area contributed by atoms with Gasteiger partial charge in [-0.1, -0.05) is 34.6 Å². The third-order valence-corrected chi connectivity index (χ3v) is 5.16. The zero-order valence-corrected chi connectivity index (χ0v) is 13.8. The molecule has 1 saturated heterocycles. The van der Waals surface area contributed by atoms with Crippen molar-refractivity contribution in [3.8, 4) is 0 Å². The molecule has 0 amide bonds. The quantitative estimate of drug-likeness (QED) is 0.799. The molecule has 0 saturated carbocycles. The molecule has 0 aromatic carbocycles. The monoisotopic (exact) mass is 272 g/mol. The number of rotatable bonds is 6. The molecular weight excluding hydrogens is 240 g/mol. The highest BCUT2D eigenvalue weighted by Gasteiger charge is 2.26. The van der Waals surface area contributed by atoms with Gasteiger partial charge in [0, 0.05) is 29.6 Å². The second-order valence-corrected chi connectivity index (χ2v) is 8.31. The summed E-state index contributed by atoms with van der Waals surface area (Å²) in [5, 5.41) is 3.63. The molecule has 0 aromatic heterocycles. The minimum Gasteiger partial charge on any atom is -0.315 e. The molecule has 0 radical (unpaired) electrons. The van der Waals surface area contributed by atoms with Crippen LogP contribution in [0.15, 0.2) is 0 Å². The molecule has 0 aliphatic carbocycles. The molecule has 1 atom stereocenters. The van der Waals surface area contributed by atoms with Crippen LogP contribution in [0, 0.1) is 5.92 Å². The summed E-state index contributed by atoms with van der Waals surface area (Å²) in [7, 11) is 0.